The van der Waals surface area contributed by atoms with E-state index < -0.39 is 18.5 Å². The molecule has 0 aliphatic carbocycles. The number of rotatable bonds is 7. The van der Waals surface area contributed by atoms with Crippen LogP contribution in [0.3, 0.4) is 0 Å². The van der Waals surface area contributed by atoms with Gasteiger partial charge in [-0.1, -0.05) is 11.6 Å². The van der Waals surface area contributed by atoms with E-state index in [-0.39, 0.29) is 5.56 Å². The number of benzene rings is 2. The standard InChI is InChI=1S/C18H18ClNO6/c1-23-12-5-7-15(24-2)13(9-12)18(22)26-10-17(21)20-14-8-11(19)4-6-16(14)25-3/h4-9H,10H2,1-3H3,(H,20,21). The maximum atomic E-state index is 12.2. The SMILES string of the molecule is COc1ccc(OC)c(C(=O)OCC(=O)Nc2cc(Cl)ccc2OC)c1. The van der Waals surface area contributed by atoms with Crippen molar-refractivity contribution in [1.82, 2.24) is 0 Å². The maximum absolute atomic E-state index is 12.2. The van der Waals surface area contributed by atoms with Crippen LogP contribution in [-0.4, -0.2) is 39.8 Å². The predicted molar refractivity (Wildman–Crippen MR) is 96.5 cm³/mol. The van der Waals surface area contributed by atoms with Gasteiger partial charge < -0.3 is 24.3 Å². The van der Waals surface area contributed by atoms with Crippen LogP contribution in [-0.2, 0) is 9.53 Å². The molecule has 0 saturated heterocycles. The average molecular weight is 380 g/mol. The van der Waals surface area contributed by atoms with Crippen LogP contribution in [0.1, 0.15) is 10.4 Å². The first kappa shape index (κ1) is 19.4. The molecule has 0 fully saturated rings. The van der Waals surface area contributed by atoms with E-state index in [0.29, 0.717) is 28.0 Å². The highest BCUT2D eigenvalue weighted by molar-refractivity contribution is 6.31. The Morgan fingerprint density at radius 3 is 2.31 bits per heavy atom. The fourth-order valence-corrected chi connectivity index (χ4v) is 2.32. The molecule has 7 nitrogen and oxygen atoms in total. The van der Waals surface area contributed by atoms with Crippen LogP contribution in [0.5, 0.6) is 17.2 Å². The summed E-state index contributed by atoms with van der Waals surface area (Å²) in [6.07, 6.45) is 0. The van der Waals surface area contributed by atoms with E-state index in [1.165, 1.54) is 33.5 Å². The van der Waals surface area contributed by atoms with Crippen LogP contribution in [0.4, 0.5) is 5.69 Å². The molecule has 26 heavy (non-hydrogen) atoms. The van der Waals surface area contributed by atoms with Crippen molar-refractivity contribution in [3.05, 3.63) is 47.0 Å². The lowest BCUT2D eigenvalue weighted by atomic mass is 10.2. The normalized spacial score (nSPS) is 10.0. The fourth-order valence-electron chi connectivity index (χ4n) is 2.15. The molecule has 0 aliphatic rings. The zero-order valence-electron chi connectivity index (χ0n) is 14.5. The van der Waals surface area contributed by atoms with Crippen molar-refractivity contribution in [1.29, 1.82) is 0 Å². The first-order valence-corrected chi connectivity index (χ1v) is 7.88. The summed E-state index contributed by atoms with van der Waals surface area (Å²) in [5.41, 5.74) is 0.528. The van der Waals surface area contributed by atoms with Gasteiger partial charge in [0.25, 0.3) is 5.91 Å². The van der Waals surface area contributed by atoms with Crippen molar-refractivity contribution >= 4 is 29.2 Å². The smallest absolute Gasteiger partial charge is 0.342 e. The minimum Gasteiger partial charge on any atom is -0.497 e. The number of halogens is 1. The maximum Gasteiger partial charge on any atom is 0.342 e. The van der Waals surface area contributed by atoms with Gasteiger partial charge in [0.05, 0.1) is 27.0 Å². The van der Waals surface area contributed by atoms with E-state index in [2.05, 4.69) is 5.32 Å². The topological polar surface area (TPSA) is 83.1 Å². The highest BCUT2D eigenvalue weighted by Gasteiger charge is 2.17. The number of carbonyl (C=O) groups excluding carboxylic acids is 2. The molecule has 0 unspecified atom stereocenters. The van der Waals surface area contributed by atoms with Gasteiger partial charge in [-0.2, -0.15) is 0 Å². The zero-order chi connectivity index (χ0) is 19.1. The Morgan fingerprint density at radius 2 is 1.65 bits per heavy atom. The number of anilines is 1. The number of hydrogen-bond acceptors (Lipinski definition) is 6. The minimum absolute atomic E-state index is 0.153. The van der Waals surface area contributed by atoms with Gasteiger partial charge in [-0.3, -0.25) is 4.79 Å². The van der Waals surface area contributed by atoms with Gasteiger partial charge in [-0.15, -0.1) is 0 Å². The molecule has 0 heterocycles. The van der Waals surface area contributed by atoms with Crippen LogP contribution in [0.25, 0.3) is 0 Å². The predicted octanol–water partition coefficient (Wildman–Crippen LogP) is 3.16. The lowest BCUT2D eigenvalue weighted by Crippen LogP contribution is -2.21. The molecule has 0 aliphatic heterocycles. The second-order valence-corrected chi connectivity index (χ2v) is 5.47. The van der Waals surface area contributed by atoms with Crippen molar-refractivity contribution in [3.8, 4) is 17.2 Å². The second-order valence-electron chi connectivity index (χ2n) is 5.04. The minimum atomic E-state index is -0.714. The third-order valence-corrected chi connectivity index (χ3v) is 3.63. The van der Waals surface area contributed by atoms with Crippen LogP contribution >= 0.6 is 11.6 Å². The summed E-state index contributed by atoms with van der Waals surface area (Å²) >= 11 is 5.91. The summed E-state index contributed by atoms with van der Waals surface area (Å²) in [6.45, 7) is -0.491. The Labute approximate surface area is 155 Å². The number of ether oxygens (including phenoxy) is 4. The van der Waals surface area contributed by atoms with Crippen LogP contribution in [0.2, 0.25) is 5.02 Å². The van der Waals surface area contributed by atoms with E-state index in [9.17, 15) is 9.59 Å². The molecule has 8 heteroatoms. The molecule has 2 aromatic rings. The Balaban J connectivity index is 2.03. The zero-order valence-corrected chi connectivity index (χ0v) is 15.3. The molecular formula is C18H18ClNO6. The van der Waals surface area contributed by atoms with Crippen molar-refractivity contribution < 1.29 is 28.5 Å². The molecule has 2 aromatic carbocycles. The number of hydrogen-bond donors (Lipinski definition) is 1. The number of methoxy groups -OCH3 is 3. The van der Waals surface area contributed by atoms with Crippen LogP contribution < -0.4 is 19.5 Å². The van der Waals surface area contributed by atoms with Crippen molar-refractivity contribution in [3.63, 3.8) is 0 Å². The van der Waals surface area contributed by atoms with E-state index in [0.717, 1.165) is 0 Å². The van der Waals surface area contributed by atoms with E-state index in [1.54, 1.807) is 24.3 Å². The van der Waals surface area contributed by atoms with Gasteiger partial charge in [-0.25, -0.2) is 4.79 Å². The summed E-state index contributed by atoms with van der Waals surface area (Å²) in [5.74, 6) is -0.0446. The largest absolute Gasteiger partial charge is 0.497 e. The Bertz CT molecular complexity index is 808. The Kier molecular flexibility index (Phi) is 6.68. The number of esters is 1. The van der Waals surface area contributed by atoms with Gasteiger partial charge in [0.1, 0.15) is 22.8 Å². The quantitative estimate of drug-likeness (QED) is 0.744. The Morgan fingerprint density at radius 1 is 0.962 bits per heavy atom. The third kappa shape index (κ3) is 4.80. The summed E-state index contributed by atoms with van der Waals surface area (Å²) in [5, 5.41) is 3.01. The monoisotopic (exact) mass is 379 g/mol. The molecule has 1 amide bonds. The molecule has 0 aromatic heterocycles. The van der Waals surface area contributed by atoms with E-state index in [4.69, 9.17) is 30.5 Å². The summed E-state index contributed by atoms with van der Waals surface area (Å²) < 4.78 is 20.4. The van der Waals surface area contributed by atoms with Crippen LogP contribution in [0.15, 0.2) is 36.4 Å². The lowest BCUT2D eigenvalue weighted by Gasteiger charge is -2.12. The molecular weight excluding hydrogens is 362 g/mol. The molecule has 0 radical (unpaired) electrons. The first-order valence-electron chi connectivity index (χ1n) is 7.51. The van der Waals surface area contributed by atoms with Gasteiger partial charge in [-0.05, 0) is 36.4 Å². The summed E-state index contributed by atoms with van der Waals surface area (Å²) in [4.78, 5) is 24.3. The Hall–Kier alpha value is -2.93. The average Bonchev–Trinajstić information content (AvgIpc) is 2.65. The van der Waals surface area contributed by atoms with Crippen molar-refractivity contribution in [2.24, 2.45) is 0 Å². The highest BCUT2D eigenvalue weighted by atomic mass is 35.5. The second kappa shape index (κ2) is 8.96. The van der Waals surface area contributed by atoms with Gasteiger partial charge in [0.2, 0.25) is 0 Å². The summed E-state index contributed by atoms with van der Waals surface area (Å²) in [6, 6.07) is 9.47. The number of carbonyl (C=O) groups is 2. The molecule has 2 rings (SSSR count). The van der Waals surface area contributed by atoms with Crippen LogP contribution in [0, 0.1) is 0 Å². The van der Waals surface area contributed by atoms with Crippen molar-refractivity contribution in [2.45, 2.75) is 0 Å². The molecule has 0 bridgehead atoms. The molecule has 1 N–H and O–H groups in total. The molecule has 138 valence electrons. The van der Waals surface area contributed by atoms with Gasteiger partial charge >= 0.3 is 5.97 Å². The molecule has 0 saturated carbocycles. The van der Waals surface area contributed by atoms with E-state index in [1.807, 2.05) is 0 Å². The van der Waals surface area contributed by atoms with Crippen molar-refractivity contribution in [2.75, 3.05) is 33.3 Å². The number of amides is 1. The highest BCUT2D eigenvalue weighted by Crippen LogP contribution is 2.28. The molecule has 0 spiro atoms. The third-order valence-electron chi connectivity index (χ3n) is 3.40. The first-order chi connectivity index (χ1) is 12.5. The summed E-state index contributed by atoms with van der Waals surface area (Å²) in [7, 11) is 4.37. The number of nitrogens with one attached hydrogen (secondary N) is 1. The molecule has 0 atom stereocenters. The fraction of sp³-hybridized carbons (Fsp3) is 0.222. The lowest BCUT2D eigenvalue weighted by molar-refractivity contribution is -0.119. The van der Waals surface area contributed by atoms with Gasteiger partial charge in [0.15, 0.2) is 6.61 Å². The van der Waals surface area contributed by atoms with E-state index >= 15 is 0 Å². The van der Waals surface area contributed by atoms with Gasteiger partial charge in [0, 0.05) is 5.02 Å².